The van der Waals surface area contributed by atoms with Crippen LogP contribution >= 0.6 is 0 Å². The van der Waals surface area contributed by atoms with Gasteiger partial charge >= 0.3 is 0 Å². The van der Waals surface area contributed by atoms with Gasteiger partial charge < -0.3 is 14.2 Å². The van der Waals surface area contributed by atoms with Crippen LogP contribution in [0, 0.1) is 6.10 Å². The minimum absolute atomic E-state index is 0.117. The van der Waals surface area contributed by atoms with Crippen molar-refractivity contribution in [1.82, 2.24) is 0 Å². The third-order valence-electron chi connectivity index (χ3n) is 2.03. The van der Waals surface area contributed by atoms with Gasteiger partial charge in [0.05, 0.1) is 19.8 Å². The second-order valence-corrected chi connectivity index (χ2v) is 2.85. The van der Waals surface area contributed by atoms with Crippen LogP contribution < -0.4 is 0 Å². The van der Waals surface area contributed by atoms with Crippen LogP contribution in [0.25, 0.3) is 0 Å². The molecule has 0 bridgehead atoms. The third-order valence-corrected chi connectivity index (χ3v) is 2.03. The Morgan fingerprint density at radius 1 is 1.18 bits per heavy atom. The van der Waals surface area contributed by atoms with Crippen LogP contribution in [-0.2, 0) is 14.2 Å². The molecule has 2 aliphatic heterocycles. The van der Waals surface area contributed by atoms with Gasteiger partial charge in [-0.25, -0.2) is 0 Å². The van der Waals surface area contributed by atoms with Crippen molar-refractivity contribution in [2.45, 2.75) is 18.9 Å². The van der Waals surface area contributed by atoms with Gasteiger partial charge in [-0.3, -0.25) is 0 Å². The summed E-state index contributed by atoms with van der Waals surface area (Å²) in [5.74, 6) is 0. The first kappa shape index (κ1) is 7.53. The lowest BCUT2D eigenvalue weighted by Gasteiger charge is -2.26. The van der Waals surface area contributed by atoms with E-state index in [1.807, 2.05) is 0 Å². The number of rotatable bonds is 1. The van der Waals surface area contributed by atoms with E-state index in [-0.39, 0.29) is 6.10 Å². The SMILES string of the molecule is C1CO[C](C2COCCO2)C1. The monoisotopic (exact) mass is 157 g/mol. The van der Waals surface area contributed by atoms with E-state index < -0.39 is 0 Å². The van der Waals surface area contributed by atoms with Crippen LogP contribution in [0.15, 0.2) is 0 Å². The Labute approximate surface area is 66.6 Å². The summed E-state index contributed by atoms with van der Waals surface area (Å²) in [7, 11) is 0. The fourth-order valence-electron chi connectivity index (χ4n) is 1.45. The van der Waals surface area contributed by atoms with E-state index in [1.165, 1.54) is 0 Å². The first-order valence-electron chi connectivity index (χ1n) is 4.15. The molecule has 0 spiro atoms. The highest BCUT2D eigenvalue weighted by Crippen LogP contribution is 2.26. The van der Waals surface area contributed by atoms with Crippen LogP contribution in [0.2, 0.25) is 0 Å². The van der Waals surface area contributed by atoms with E-state index in [0.717, 1.165) is 32.2 Å². The Bertz CT molecular complexity index is 115. The van der Waals surface area contributed by atoms with E-state index in [4.69, 9.17) is 14.2 Å². The molecule has 1 radical (unpaired) electrons. The maximum atomic E-state index is 5.47. The van der Waals surface area contributed by atoms with Gasteiger partial charge in [-0.2, -0.15) is 0 Å². The Hall–Kier alpha value is -0.120. The molecule has 2 saturated heterocycles. The zero-order valence-corrected chi connectivity index (χ0v) is 6.54. The van der Waals surface area contributed by atoms with E-state index >= 15 is 0 Å². The second-order valence-electron chi connectivity index (χ2n) is 2.85. The van der Waals surface area contributed by atoms with Crippen molar-refractivity contribution in [2.75, 3.05) is 26.4 Å². The number of hydrogen-bond donors (Lipinski definition) is 0. The van der Waals surface area contributed by atoms with Crippen LogP contribution in [-0.4, -0.2) is 32.5 Å². The van der Waals surface area contributed by atoms with Crippen molar-refractivity contribution in [1.29, 1.82) is 0 Å². The van der Waals surface area contributed by atoms with Gasteiger partial charge in [0.1, 0.15) is 12.2 Å². The predicted molar refractivity (Wildman–Crippen MR) is 39.0 cm³/mol. The topological polar surface area (TPSA) is 27.7 Å². The molecule has 2 heterocycles. The summed E-state index contributed by atoms with van der Waals surface area (Å²) in [6.45, 7) is 2.96. The van der Waals surface area contributed by atoms with Crippen molar-refractivity contribution in [3.05, 3.63) is 6.10 Å². The molecule has 1 unspecified atom stereocenters. The van der Waals surface area contributed by atoms with Gasteiger partial charge in [-0.15, -0.1) is 0 Å². The average Bonchev–Trinajstić information content (AvgIpc) is 2.58. The van der Waals surface area contributed by atoms with E-state index in [2.05, 4.69) is 0 Å². The lowest BCUT2D eigenvalue weighted by molar-refractivity contribution is -0.105. The molecule has 2 fully saturated rings. The summed E-state index contributed by atoms with van der Waals surface area (Å²) < 4.78 is 16.1. The Morgan fingerprint density at radius 2 is 2.18 bits per heavy atom. The highest BCUT2D eigenvalue weighted by Gasteiger charge is 2.29. The standard InChI is InChI=1S/C8H13O3/c1-2-7(10-3-1)8-6-9-4-5-11-8/h8H,1-6H2. The lowest BCUT2D eigenvalue weighted by Crippen LogP contribution is -2.33. The lowest BCUT2D eigenvalue weighted by atomic mass is 10.1. The van der Waals surface area contributed by atoms with E-state index in [0.29, 0.717) is 13.2 Å². The van der Waals surface area contributed by atoms with Crippen molar-refractivity contribution in [3.63, 3.8) is 0 Å². The summed E-state index contributed by atoms with van der Waals surface area (Å²) in [6, 6.07) is 0. The van der Waals surface area contributed by atoms with Crippen LogP contribution in [0.3, 0.4) is 0 Å². The predicted octanol–water partition coefficient (Wildman–Crippen LogP) is 0.744. The number of ether oxygens (including phenoxy) is 3. The molecule has 0 amide bonds. The molecule has 0 aromatic rings. The molecule has 3 heteroatoms. The quantitative estimate of drug-likeness (QED) is 0.562. The normalized spacial score (nSPS) is 34.4. The molecular formula is C8H13O3. The molecule has 0 saturated carbocycles. The molecular weight excluding hydrogens is 144 g/mol. The van der Waals surface area contributed by atoms with E-state index in [1.54, 1.807) is 0 Å². The molecule has 2 aliphatic rings. The Balaban J connectivity index is 1.82. The van der Waals surface area contributed by atoms with Gasteiger partial charge in [0.25, 0.3) is 0 Å². The first-order chi connectivity index (χ1) is 5.47. The molecule has 63 valence electrons. The smallest absolute Gasteiger partial charge is 0.128 e. The van der Waals surface area contributed by atoms with Crippen molar-refractivity contribution in [2.24, 2.45) is 0 Å². The first-order valence-corrected chi connectivity index (χ1v) is 4.15. The van der Waals surface area contributed by atoms with Gasteiger partial charge in [0.15, 0.2) is 0 Å². The van der Waals surface area contributed by atoms with Gasteiger partial charge in [-0.1, -0.05) is 0 Å². The molecule has 1 atom stereocenters. The third kappa shape index (κ3) is 1.72. The minimum Gasteiger partial charge on any atom is -0.376 e. The molecule has 2 rings (SSSR count). The molecule has 0 N–H and O–H groups in total. The van der Waals surface area contributed by atoms with Gasteiger partial charge in [0.2, 0.25) is 0 Å². The highest BCUT2D eigenvalue weighted by molar-refractivity contribution is 4.92. The van der Waals surface area contributed by atoms with Crippen molar-refractivity contribution >= 4 is 0 Å². The Morgan fingerprint density at radius 3 is 2.82 bits per heavy atom. The largest absolute Gasteiger partial charge is 0.376 e. The Kier molecular flexibility index (Phi) is 2.41. The number of hydrogen-bond acceptors (Lipinski definition) is 3. The summed E-state index contributed by atoms with van der Waals surface area (Å²) in [6.07, 6.45) is 3.39. The minimum atomic E-state index is 0.117. The zero-order chi connectivity index (χ0) is 7.52. The molecule has 0 aliphatic carbocycles. The highest BCUT2D eigenvalue weighted by atomic mass is 16.6. The van der Waals surface area contributed by atoms with Crippen molar-refractivity contribution in [3.8, 4) is 0 Å². The zero-order valence-electron chi connectivity index (χ0n) is 6.54. The van der Waals surface area contributed by atoms with Gasteiger partial charge in [0, 0.05) is 6.61 Å². The van der Waals surface area contributed by atoms with Gasteiger partial charge in [-0.05, 0) is 12.8 Å². The maximum Gasteiger partial charge on any atom is 0.128 e. The van der Waals surface area contributed by atoms with Crippen molar-refractivity contribution < 1.29 is 14.2 Å². The fourth-order valence-corrected chi connectivity index (χ4v) is 1.45. The maximum absolute atomic E-state index is 5.47. The summed E-state index contributed by atoms with van der Waals surface area (Å²) in [5, 5.41) is 0. The second kappa shape index (κ2) is 3.52. The molecule has 11 heavy (non-hydrogen) atoms. The fraction of sp³-hybridized carbons (Fsp3) is 0.875. The molecule has 0 aromatic carbocycles. The van der Waals surface area contributed by atoms with E-state index in [9.17, 15) is 0 Å². The molecule has 0 aromatic heterocycles. The average molecular weight is 157 g/mol. The molecule has 3 nitrogen and oxygen atoms in total. The summed E-state index contributed by atoms with van der Waals surface area (Å²) in [5.41, 5.74) is 0. The summed E-state index contributed by atoms with van der Waals surface area (Å²) >= 11 is 0. The van der Waals surface area contributed by atoms with Crippen LogP contribution in [0.4, 0.5) is 0 Å². The van der Waals surface area contributed by atoms with Crippen LogP contribution in [0.1, 0.15) is 12.8 Å². The summed E-state index contributed by atoms with van der Waals surface area (Å²) in [4.78, 5) is 0. The van der Waals surface area contributed by atoms with Crippen LogP contribution in [0.5, 0.6) is 0 Å².